The Bertz CT molecular complexity index is 354. The Morgan fingerprint density at radius 1 is 1.40 bits per heavy atom. The van der Waals surface area contributed by atoms with Crippen molar-refractivity contribution >= 4 is 29.2 Å². The van der Waals surface area contributed by atoms with Gasteiger partial charge in [-0.25, -0.2) is 4.79 Å². The molecule has 0 saturated carbocycles. The standard InChI is InChI=1S/C10H10Cl2O3/c1-6-3-7(11)4-8(12)10(6)15-5-9(13)14-2/h3-4H,5H2,1-2H3. The van der Waals surface area contributed by atoms with Gasteiger partial charge in [-0.05, 0) is 24.6 Å². The zero-order valence-electron chi connectivity index (χ0n) is 8.34. The van der Waals surface area contributed by atoms with E-state index in [0.717, 1.165) is 5.56 Å². The summed E-state index contributed by atoms with van der Waals surface area (Å²) in [5.74, 6) is -0.00752. The van der Waals surface area contributed by atoms with Crippen LogP contribution in [0.25, 0.3) is 0 Å². The second kappa shape index (κ2) is 5.24. The van der Waals surface area contributed by atoms with Gasteiger partial charge in [-0.3, -0.25) is 0 Å². The van der Waals surface area contributed by atoms with Crippen LogP contribution < -0.4 is 4.74 Å². The summed E-state index contributed by atoms with van der Waals surface area (Å²) in [6.07, 6.45) is 0. The average Bonchev–Trinajstić information content (AvgIpc) is 2.15. The number of halogens is 2. The van der Waals surface area contributed by atoms with Gasteiger partial charge in [0.05, 0.1) is 12.1 Å². The van der Waals surface area contributed by atoms with Crippen LogP contribution in [0.4, 0.5) is 0 Å². The van der Waals surface area contributed by atoms with Crippen molar-refractivity contribution in [3.8, 4) is 5.75 Å². The van der Waals surface area contributed by atoms with Crippen molar-refractivity contribution in [1.82, 2.24) is 0 Å². The van der Waals surface area contributed by atoms with Crippen LogP contribution >= 0.6 is 23.2 Å². The first-order valence-corrected chi connectivity index (χ1v) is 4.95. The second-order valence-electron chi connectivity index (χ2n) is 2.90. The van der Waals surface area contributed by atoms with Crippen molar-refractivity contribution in [3.05, 3.63) is 27.7 Å². The van der Waals surface area contributed by atoms with Crippen molar-refractivity contribution in [2.45, 2.75) is 6.92 Å². The number of esters is 1. The van der Waals surface area contributed by atoms with Gasteiger partial charge in [0.1, 0.15) is 5.75 Å². The van der Waals surface area contributed by atoms with E-state index in [1.807, 2.05) is 0 Å². The molecule has 0 radical (unpaired) electrons. The average molecular weight is 249 g/mol. The van der Waals surface area contributed by atoms with Crippen LogP contribution in [0.2, 0.25) is 10.0 Å². The van der Waals surface area contributed by atoms with Gasteiger partial charge in [0.15, 0.2) is 6.61 Å². The summed E-state index contributed by atoms with van der Waals surface area (Å²) in [4.78, 5) is 10.9. The van der Waals surface area contributed by atoms with E-state index in [9.17, 15) is 4.79 Å². The van der Waals surface area contributed by atoms with Gasteiger partial charge in [0.25, 0.3) is 0 Å². The molecule has 0 N–H and O–H groups in total. The van der Waals surface area contributed by atoms with Crippen LogP contribution in [-0.4, -0.2) is 19.7 Å². The summed E-state index contributed by atoms with van der Waals surface area (Å²) in [7, 11) is 1.29. The number of carbonyl (C=O) groups excluding carboxylic acids is 1. The Balaban J connectivity index is 2.81. The maximum atomic E-state index is 10.9. The maximum absolute atomic E-state index is 10.9. The Morgan fingerprint density at radius 2 is 2.07 bits per heavy atom. The van der Waals surface area contributed by atoms with Crippen molar-refractivity contribution in [1.29, 1.82) is 0 Å². The van der Waals surface area contributed by atoms with E-state index in [1.165, 1.54) is 7.11 Å². The highest BCUT2D eigenvalue weighted by Gasteiger charge is 2.09. The summed E-state index contributed by atoms with van der Waals surface area (Å²) >= 11 is 11.7. The van der Waals surface area contributed by atoms with Crippen molar-refractivity contribution in [2.75, 3.05) is 13.7 Å². The molecule has 0 aromatic heterocycles. The molecule has 5 heteroatoms. The van der Waals surface area contributed by atoms with E-state index < -0.39 is 5.97 Å². The minimum absolute atomic E-state index is 0.168. The molecular formula is C10H10Cl2O3. The first-order valence-electron chi connectivity index (χ1n) is 4.20. The van der Waals surface area contributed by atoms with E-state index in [2.05, 4.69) is 4.74 Å². The molecule has 1 aromatic carbocycles. The third-order valence-corrected chi connectivity index (χ3v) is 2.26. The lowest BCUT2D eigenvalue weighted by molar-refractivity contribution is -0.142. The van der Waals surface area contributed by atoms with Crippen LogP contribution in [0.1, 0.15) is 5.56 Å². The number of carbonyl (C=O) groups is 1. The molecule has 0 aliphatic carbocycles. The number of rotatable bonds is 3. The van der Waals surface area contributed by atoms with Crippen LogP contribution in [0.5, 0.6) is 5.75 Å². The van der Waals surface area contributed by atoms with Crippen LogP contribution in [0.15, 0.2) is 12.1 Å². The van der Waals surface area contributed by atoms with E-state index in [4.69, 9.17) is 27.9 Å². The molecule has 0 saturated heterocycles. The van der Waals surface area contributed by atoms with Crippen molar-refractivity contribution in [3.63, 3.8) is 0 Å². The number of methoxy groups -OCH3 is 1. The molecule has 0 atom stereocenters. The highest BCUT2D eigenvalue weighted by atomic mass is 35.5. The summed E-state index contributed by atoms with van der Waals surface area (Å²) in [6, 6.07) is 3.27. The van der Waals surface area contributed by atoms with E-state index >= 15 is 0 Å². The van der Waals surface area contributed by atoms with Gasteiger partial charge in [-0.2, -0.15) is 0 Å². The quantitative estimate of drug-likeness (QED) is 0.772. The molecule has 1 aromatic rings. The molecule has 0 amide bonds. The number of benzene rings is 1. The molecule has 0 unspecified atom stereocenters. The first-order chi connectivity index (χ1) is 7.04. The Hall–Kier alpha value is -0.930. The van der Waals surface area contributed by atoms with Crippen molar-refractivity contribution < 1.29 is 14.3 Å². The summed E-state index contributed by atoms with van der Waals surface area (Å²) in [5.41, 5.74) is 0.774. The topological polar surface area (TPSA) is 35.5 Å². The highest BCUT2D eigenvalue weighted by molar-refractivity contribution is 6.35. The fourth-order valence-electron chi connectivity index (χ4n) is 1.06. The van der Waals surface area contributed by atoms with Gasteiger partial charge in [0, 0.05) is 5.02 Å². The minimum Gasteiger partial charge on any atom is -0.480 e. The molecule has 0 aliphatic heterocycles. The Morgan fingerprint density at radius 3 is 2.60 bits per heavy atom. The minimum atomic E-state index is -0.458. The molecule has 0 aliphatic rings. The molecule has 15 heavy (non-hydrogen) atoms. The molecule has 0 heterocycles. The highest BCUT2D eigenvalue weighted by Crippen LogP contribution is 2.31. The van der Waals surface area contributed by atoms with Crippen LogP contribution in [-0.2, 0) is 9.53 Å². The predicted octanol–water partition coefficient (Wildman–Crippen LogP) is 2.85. The number of aryl methyl sites for hydroxylation is 1. The SMILES string of the molecule is COC(=O)COc1c(C)cc(Cl)cc1Cl. The lowest BCUT2D eigenvalue weighted by Gasteiger charge is -2.10. The third kappa shape index (κ3) is 3.29. The fraction of sp³-hybridized carbons (Fsp3) is 0.300. The van der Waals surface area contributed by atoms with Crippen LogP contribution in [0.3, 0.4) is 0 Å². The largest absolute Gasteiger partial charge is 0.480 e. The van der Waals surface area contributed by atoms with Gasteiger partial charge in [-0.15, -0.1) is 0 Å². The molecular weight excluding hydrogens is 239 g/mol. The molecule has 82 valence electrons. The third-order valence-electron chi connectivity index (χ3n) is 1.76. The monoisotopic (exact) mass is 248 g/mol. The fourth-order valence-corrected chi connectivity index (χ4v) is 1.71. The number of hydrogen-bond donors (Lipinski definition) is 0. The van der Waals surface area contributed by atoms with Gasteiger partial charge < -0.3 is 9.47 Å². The zero-order valence-corrected chi connectivity index (χ0v) is 9.85. The Labute approximate surface area is 97.9 Å². The zero-order chi connectivity index (χ0) is 11.4. The number of hydrogen-bond acceptors (Lipinski definition) is 3. The van der Waals surface area contributed by atoms with Crippen LogP contribution in [0, 0.1) is 6.92 Å². The lowest BCUT2D eigenvalue weighted by atomic mass is 10.2. The smallest absolute Gasteiger partial charge is 0.343 e. The maximum Gasteiger partial charge on any atom is 0.343 e. The first kappa shape index (κ1) is 12.1. The molecule has 0 bridgehead atoms. The predicted molar refractivity (Wildman–Crippen MR) is 58.7 cm³/mol. The van der Waals surface area contributed by atoms with Gasteiger partial charge in [-0.1, -0.05) is 23.2 Å². The van der Waals surface area contributed by atoms with Crippen molar-refractivity contribution in [2.24, 2.45) is 0 Å². The summed E-state index contributed by atoms with van der Waals surface area (Å²) in [6.45, 7) is 1.63. The molecule has 0 fully saturated rings. The van der Waals surface area contributed by atoms with E-state index in [1.54, 1.807) is 19.1 Å². The van der Waals surface area contributed by atoms with Gasteiger partial charge in [0.2, 0.25) is 0 Å². The lowest BCUT2D eigenvalue weighted by Crippen LogP contribution is -2.13. The Kier molecular flexibility index (Phi) is 4.24. The van der Waals surface area contributed by atoms with Gasteiger partial charge >= 0.3 is 5.97 Å². The molecule has 1 rings (SSSR count). The second-order valence-corrected chi connectivity index (χ2v) is 3.74. The van der Waals surface area contributed by atoms with E-state index in [0.29, 0.717) is 15.8 Å². The summed E-state index contributed by atoms with van der Waals surface area (Å²) in [5, 5.41) is 0.909. The number of ether oxygens (including phenoxy) is 2. The van der Waals surface area contributed by atoms with E-state index in [-0.39, 0.29) is 6.61 Å². The molecule has 0 spiro atoms. The summed E-state index contributed by atoms with van der Waals surface area (Å²) < 4.78 is 9.65. The normalized spacial score (nSPS) is 9.87. The molecule has 3 nitrogen and oxygen atoms in total.